The quantitative estimate of drug-likeness (QED) is 0.296. The van der Waals surface area contributed by atoms with Crippen LogP contribution in [0.1, 0.15) is 63.0 Å². The van der Waals surface area contributed by atoms with E-state index < -0.39 is 0 Å². The summed E-state index contributed by atoms with van der Waals surface area (Å²) in [7, 11) is 1.89. The summed E-state index contributed by atoms with van der Waals surface area (Å²) in [6.07, 6.45) is 7.21. The highest BCUT2D eigenvalue weighted by Crippen LogP contribution is 2.33. The van der Waals surface area contributed by atoms with E-state index in [-0.39, 0.29) is 24.0 Å². The van der Waals surface area contributed by atoms with Crippen molar-refractivity contribution in [2.75, 3.05) is 26.7 Å². The molecule has 0 bridgehead atoms. The molecule has 6 heteroatoms. The van der Waals surface area contributed by atoms with Crippen molar-refractivity contribution in [2.45, 2.75) is 66.2 Å². The van der Waals surface area contributed by atoms with Crippen LogP contribution in [0.15, 0.2) is 9.52 Å². The molecule has 2 heterocycles. The number of nitrogens with one attached hydrogen (secondary N) is 1. The van der Waals surface area contributed by atoms with Crippen molar-refractivity contribution in [1.82, 2.24) is 15.4 Å². The number of hydrogen-bond acceptors (Lipinski definition) is 3. The van der Waals surface area contributed by atoms with E-state index in [4.69, 9.17) is 4.52 Å². The van der Waals surface area contributed by atoms with Gasteiger partial charge in [-0.25, -0.2) is 0 Å². The highest BCUT2D eigenvalue weighted by Gasteiger charge is 2.31. The first kappa shape index (κ1) is 22.3. The first-order valence-corrected chi connectivity index (χ1v) is 9.36. The fourth-order valence-electron chi connectivity index (χ4n) is 3.96. The molecule has 0 aliphatic carbocycles. The van der Waals surface area contributed by atoms with Crippen molar-refractivity contribution in [3.63, 3.8) is 0 Å². The molecule has 144 valence electrons. The van der Waals surface area contributed by atoms with Gasteiger partial charge in [0.25, 0.3) is 0 Å². The molecular weight excluding hydrogens is 427 g/mol. The van der Waals surface area contributed by atoms with Crippen LogP contribution in [-0.4, -0.2) is 42.7 Å². The standard InChI is InChI=1S/C19H34N4O.HI/c1-6-10-19(4)11-8-13-23(14-19)18(20-5)21-12-7-9-17-15(2)22-24-16(17)3;/h6-14H2,1-5H3,(H,20,21);1H. The zero-order valence-corrected chi connectivity index (χ0v) is 18.9. The van der Waals surface area contributed by atoms with Gasteiger partial charge in [-0.1, -0.05) is 25.4 Å². The van der Waals surface area contributed by atoms with Crippen LogP contribution in [0.25, 0.3) is 0 Å². The lowest BCUT2D eigenvalue weighted by Crippen LogP contribution is -2.50. The lowest BCUT2D eigenvalue weighted by atomic mass is 9.78. The Hall–Kier alpha value is -0.790. The summed E-state index contributed by atoms with van der Waals surface area (Å²) in [5.41, 5.74) is 2.70. The average molecular weight is 462 g/mol. The van der Waals surface area contributed by atoms with Crippen LogP contribution in [0.4, 0.5) is 0 Å². The van der Waals surface area contributed by atoms with Gasteiger partial charge in [-0.05, 0) is 51.4 Å². The number of hydrogen-bond donors (Lipinski definition) is 1. The molecule has 0 spiro atoms. The third-order valence-electron chi connectivity index (χ3n) is 5.21. The SMILES string of the molecule is CCCC1(C)CCCN(C(=NC)NCCCc2c(C)noc2C)C1.I. The van der Waals surface area contributed by atoms with Crippen LogP contribution < -0.4 is 5.32 Å². The Morgan fingerprint density at radius 1 is 1.40 bits per heavy atom. The summed E-state index contributed by atoms with van der Waals surface area (Å²) in [5, 5.41) is 7.57. The van der Waals surface area contributed by atoms with E-state index in [1.807, 2.05) is 20.9 Å². The van der Waals surface area contributed by atoms with Gasteiger partial charge in [0.2, 0.25) is 0 Å². The highest BCUT2D eigenvalue weighted by molar-refractivity contribution is 14.0. The second kappa shape index (κ2) is 10.4. The number of nitrogens with zero attached hydrogens (tertiary/aromatic N) is 3. The van der Waals surface area contributed by atoms with Crippen molar-refractivity contribution >= 4 is 29.9 Å². The van der Waals surface area contributed by atoms with E-state index in [1.54, 1.807) is 0 Å². The predicted molar refractivity (Wildman–Crippen MR) is 115 cm³/mol. The summed E-state index contributed by atoms with van der Waals surface area (Å²) in [6.45, 7) is 11.9. The molecule has 1 unspecified atom stereocenters. The van der Waals surface area contributed by atoms with E-state index in [0.717, 1.165) is 49.9 Å². The summed E-state index contributed by atoms with van der Waals surface area (Å²) < 4.78 is 5.23. The molecule has 1 fully saturated rings. The minimum absolute atomic E-state index is 0. The third-order valence-corrected chi connectivity index (χ3v) is 5.21. The van der Waals surface area contributed by atoms with Crippen LogP contribution in [0.5, 0.6) is 0 Å². The summed E-state index contributed by atoms with van der Waals surface area (Å²) in [5.74, 6) is 2.00. The smallest absolute Gasteiger partial charge is 0.193 e. The Balaban J connectivity index is 0.00000312. The van der Waals surface area contributed by atoms with Crippen LogP contribution in [0.3, 0.4) is 0 Å². The minimum Gasteiger partial charge on any atom is -0.361 e. The summed E-state index contributed by atoms with van der Waals surface area (Å²) >= 11 is 0. The Bertz CT molecular complexity index is 534. The van der Waals surface area contributed by atoms with Gasteiger partial charge in [0.1, 0.15) is 5.76 Å². The molecule has 1 N–H and O–H groups in total. The molecule has 0 amide bonds. The van der Waals surface area contributed by atoms with Crippen LogP contribution in [0, 0.1) is 19.3 Å². The molecule has 25 heavy (non-hydrogen) atoms. The molecule has 0 radical (unpaired) electrons. The van der Waals surface area contributed by atoms with E-state index >= 15 is 0 Å². The fourth-order valence-corrected chi connectivity index (χ4v) is 3.96. The molecule has 1 aliphatic heterocycles. The lowest BCUT2D eigenvalue weighted by molar-refractivity contribution is 0.142. The number of likely N-dealkylation sites (tertiary alicyclic amines) is 1. The van der Waals surface area contributed by atoms with Crippen LogP contribution in [0.2, 0.25) is 0 Å². The van der Waals surface area contributed by atoms with Gasteiger partial charge < -0.3 is 14.7 Å². The Kier molecular flexibility index (Phi) is 9.24. The summed E-state index contributed by atoms with van der Waals surface area (Å²) in [6, 6.07) is 0. The van der Waals surface area contributed by atoms with Gasteiger partial charge in [0.15, 0.2) is 5.96 Å². The number of aryl methyl sites for hydroxylation is 2. The van der Waals surface area contributed by atoms with Gasteiger partial charge in [-0.15, -0.1) is 24.0 Å². The minimum atomic E-state index is 0. The summed E-state index contributed by atoms with van der Waals surface area (Å²) in [4.78, 5) is 6.95. The van der Waals surface area contributed by atoms with Gasteiger partial charge in [-0.2, -0.15) is 0 Å². The van der Waals surface area contributed by atoms with Crippen LogP contribution >= 0.6 is 24.0 Å². The lowest BCUT2D eigenvalue weighted by Gasteiger charge is -2.42. The van der Waals surface area contributed by atoms with Gasteiger partial charge in [-0.3, -0.25) is 4.99 Å². The number of halogens is 1. The van der Waals surface area contributed by atoms with Gasteiger partial charge in [0.05, 0.1) is 5.69 Å². The number of aliphatic imine (C=N–C) groups is 1. The van der Waals surface area contributed by atoms with Crippen molar-refractivity contribution in [1.29, 1.82) is 0 Å². The number of aromatic nitrogens is 1. The zero-order valence-electron chi connectivity index (χ0n) is 16.5. The van der Waals surface area contributed by atoms with Crippen LogP contribution in [-0.2, 0) is 6.42 Å². The second-order valence-corrected chi connectivity index (χ2v) is 7.47. The van der Waals surface area contributed by atoms with Crippen molar-refractivity contribution < 1.29 is 4.52 Å². The molecule has 1 aliphatic rings. The number of guanidine groups is 1. The second-order valence-electron chi connectivity index (χ2n) is 7.47. The third kappa shape index (κ3) is 6.15. The monoisotopic (exact) mass is 462 g/mol. The maximum Gasteiger partial charge on any atom is 0.193 e. The van der Waals surface area contributed by atoms with E-state index in [2.05, 4.69) is 34.2 Å². The molecule has 5 nitrogen and oxygen atoms in total. The number of rotatable bonds is 6. The van der Waals surface area contributed by atoms with E-state index in [0.29, 0.717) is 5.41 Å². The molecule has 2 rings (SSSR count). The van der Waals surface area contributed by atoms with E-state index in [9.17, 15) is 0 Å². The molecule has 0 aromatic carbocycles. The fraction of sp³-hybridized carbons (Fsp3) is 0.789. The molecular formula is C19H35IN4O. The first-order valence-electron chi connectivity index (χ1n) is 9.36. The zero-order chi connectivity index (χ0) is 17.6. The normalized spacial score (nSPS) is 21.2. The maximum atomic E-state index is 5.23. The Morgan fingerprint density at radius 2 is 2.16 bits per heavy atom. The predicted octanol–water partition coefficient (Wildman–Crippen LogP) is 4.32. The topological polar surface area (TPSA) is 53.7 Å². The average Bonchev–Trinajstić information content (AvgIpc) is 2.86. The molecule has 0 saturated carbocycles. The Morgan fingerprint density at radius 3 is 2.76 bits per heavy atom. The number of piperidine rings is 1. The molecule has 1 aromatic heterocycles. The van der Waals surface area contributed by atoms with E-state index in [1.165, 1.54) is 31.2 Å². The highest BCUT2D eigenvalue weighted by atomic mass is 127. The molecule has 1 atom stereocenters. The van der Waals surface area contributed by atoms with Crippen molar-refractivity contribution in [3.05, 3.63) is 17.0 Å². The van der Waals surface area contributed by atoms with Gasteiger partial charge >= 0.3 is 0 Å². The Labute approximate surface area is 170 Å². The molecule has 1 saturated heterocycles. The van der Waals surface area contributed by atoms with Gasteiger partial charge in [0, 0.05) is 32.2 Å². The largest absolute Gasteiger partial charge is 0.361 e. The van der Waals surface area contributed by atoms with Crippen molar-refractivity contribution in [2.24, 2.45) is 10.4 Å². The maximum absolute atomic E-state index is 5.23. The first-order chi connectivity index (χ1) is 11.5. The molecule has 1 aromatic rings. The van der Waals surface area contributed by atoms with Crippen molar-refractivity contribution in [3.8, 4) is 0 Å².